The summed E-state index contributed by atoms with van der Waals surface area (Å²) < 4.78 is 62.1. The summed E-state index contributed by atoms with van der Waals surface area (Å²) in [5.74, 6) is -0.742. The lowest BCUT2D eigenvalue weighted by atomic mass is 10.0. The number of carbonyl (C=O) groups is 1. The number of aryl methyl sites for hydroxylation is 1. The quantitative estimate of drug-likeness (QED) is 0.109. The SMILES string of the molecule is COc1c(Nc2cc(C)[nH]n2)nc(Sc2ccc(S(=O)(=O)C(C)(C)c3cccc([N+](=O)[O-])c3F)cc2F)nc1N1CCC(N(C)C(C)=O)CC1. The number of nitro groups is 1. The number of nitrogens with one attached hydrogen (secondary N) is 2. The minimum atomic E-state index is -4.47. The van der Waals surface area contributed by atoms with Gasteiger partial charge < -0.3 is 19.9 Å². The normalized spacial score (nSPS) is 14.0. The van der Waals surface area contributed by atoms with Gasteiger partial charge in [0.05, 0.1) is 26.6 Å². The number of sulfone groups is 1. The van der Waals surface area contributed by atoms with Crippen molar-refractivity contribution in [2.45, 2.75) is 66.3 Å². The number of benzene rings is 2. The third-order valence-electron chi connectivity index (χ3n) is 8.70. The number of nitro benzene ring substituents is 1. The van der Waals surface area contributed by atoms with Crippen molar-refractivity contribution in [2.24, 2.45) is 0 Å². The fourth-order valence-electron chi connectivity index (χ4n) is 5.67. The van der Waals surface area contributed by atoms with E-state index in [0.717, 1.165) is 35.7 Å². The molecule has 0 radical (unpaired) electrons. The fourth-order valence-corrected chi connectivity index (χ4v) is 7.97. The molecule has 0 spiro atoms. The maximum absolute atomic E-state index is 15.7. The maximum Gasteiger partial charge on any atom is 0.305 e. The van der Waals surface area contributed by atoms with E-state index in [-0.39, 0.29) is 27.8 Å². The van der Waals surface area contributed by atoms with Gasteiger partial charge in [-0.1, -0.05) is 12.1 Å². The smallest absolute Gasteiger partial charge is 0.305 e. The number of amides is 1. The molecule has 2 aromatic carbocycles. The molecular formula is C32H36F2N8O6S2. The Morgan fingerprint density at radius 1 is 1.18 bits per heavy atom. The van der Waals surface area contributed by atoms with Crippen molar-refractivity contribution in [2.75, 3.05) is 37.5 Å². The molecule has 266 valence electrons. The Morgan fingerprint density at radius 2 is 1.88 bits per heavy atom. The Morgan fingerprint density at radius 3 is 2.46 bits per heavy atom. The van der Waals surface area contributed by atoms with Gasteiger partial charge in [-0.25, -0.2) is 22.8 Å². The number of nitrogens with zero attached hydrogens (tertiary/aromatic N) is 6. The van der Waals surface area contributed by atoms with Crippen LogP contribution in [0.15, 0.2) is 57.4 Å². The molecule has 2 N–H and O–H groups in total. The Bertz CT molecular complexity index is 2050. The van der Waals surface area contributed by atoms with Crippen molar-refractivity contribution in [1.82, 2.24) is 25.1 Å². The van der Waals surface area contributed by atoms with Crippen LogP contribution < -0.4 is 15.0 Å². The van der Waals surface area contributed by atoms with E-state index in [2.05, 4.69) is 20.5 Å². The van der Waals surface area contributed by atoms with Crippen LogP contribution >= 0.6 is 11.8 Å². The highest BCUT2D eigenvalue weighted by Crippen LogP contribution is 2.42. The first kappa shape index (κ1) is 36.4. The predicted molar refractivity (Wildman–Crippen MR) is 183 cm³/mol. The van der Waals surface area contributed by atoms with E-state index in [1.165, 1.54) is 46.1 Å². The van der Waals surface area contributed by atoms with Crippen LogP contribution in [0.5, 0.6) is 5.75 Å². The highest BCUT2D eigenvalue weighted by atomic mass is 32.2. The first-order chi connectivity index (χ1) is 23.5. The summed E-state index contributed by atoms with van der Waals surface area (Å²) in [7, 11) is -1.21. The van der Waals surface area contributed by atoms with Crippen LogP contribution in [0, 0.1) is 28.7 Å². The molecule has 50 heavy (non-hydrogen) atoms. The van der Waals surface area contributed by atoms with Crippen LogP contribution in [0.2, 0.25) is 0 Å². The number of hydrogen-bond donors (Lipinski definition) is 2. The first-order valence-corrected chi connectivity index (χ1v) is 17.7. The van der Waals surface area contributed by atoms with E-state index in [4.69, 9.17) is 9.72 Å². The minimum absolute atomic E-state index is 0.00255. The number of aromatic amines is 1. The van der Waals surface area contributed by atoms with Gasteiger partial charge in [0.15, 0.2) is 32.4 Å². The zero-order valence-corrected chi connectivity index (χ0v) is 29.8. The van der Waals surface area contributed by atoms with Crippen LogP contribution in [-0.2, 0) is 19.4 Å². The molecule has 3 heterocycles. The third-order valence-corrected chi connectivity index (χ3v) is 12.1. The number of piperidine rings is 1. The third kappa shape index (κ3) is 7.07. The summed E-state index contributed by atoms with van der Waals surface area (Å²) >= 11 is 0.851. The van der Waals surface area contributed by atoms with Crippen LogP contribution in [0.4, 0.5) is 31.9 Å². The van der Waals surface area contributed by atoms with Crippen molar-refractivity contribution in [3.63, 3.8) is 0 Å². The number of rotatable bonds is 11. The standard InChI is InChI=1S/C32H36F2N8O6S2/c1-18-16-26(39-38-18)35-29-28(48-6)30(41-14-12-20(13-15-41)40(5)19(2)43)37-31(36-29)49-25-11-10-21(17-23(25)33)50(46,47)32(3,4)22-8-7-9-24(27(22)34)42(44)45/h7-11,16-17,20H,12-15H2,1-6H3,(H2,35,36,37,38,39). The Hall–Kier alpha value is -4.84. The molecule has 1 amide bonds. The van der Waals surface area contributed by atoms with Gasteiger partial charge in [0.2, 0.25) is 17.5 Å². The van der Waals surface area contributed by atoms with Gasteiger partial charge >= 0.3 is 5.69 Å². The molecule has 0 unspecified atom stereocenters. The Kier molecular flexibility index (Phi) is 10.3. The fraction of sp³-hybridized carbons (Fsp3) is 0.375. The molecule has 0 saturated carbocycles. The second kappa shape index (κ2) is 14.2. The summed E-state index contributed by atoms with van der Waals surface area (Å²) in [6, 6.07) is 8.36. The van der Waals surface area contributed by atoms with Gasteiger partial charge in [-0.3, -0.25) is 20.0 Å². The zero-order chi connectivity index (χ0) is 36.5. The lowest BCUT2D eigenvalue weighted by Gasteiger charge is -2.37. The molecule has 1 fully saturated rings. The number of ether oxygens (including phenoxy) is 1. The summed E-state index contributed by atoms with van der Waals surface area (Å²) in [6.07, 6.45) is 1.35. The second-order valence-corrected chi connectivity index (χ2v) is 15.7. The van der Waals surface area contributed by atoms with Gasteiger partial charge in [0.25, 0.3) is 0 Å². The lowest BCUT2D eigenvalue weighted by molar-refractivity contribution is -0.387. The number of methoxy groups -OCH3 is 1. The number of halogens is 2. The van der Waals surface area contributed by atoms with E-state index in [0.29, 0.717) is 43.3 Å². The van der Waals surface area contributed by atoms with E-state index >= 15 is 8.78 Å². The van der Waals surface area contributed by atoms with Crippen molar-refractivity contribution in [1.29, 1.82) is 0 Å². The number of anilines is 3. The number of aromatic nitrogens is 4. The molecule has 0 aliphatic carbocycles. The molecule has 0 bridgehead atoms. The van der Waals surface area contributed by atoms with Gasteiger partial charge in [0, 0.05) is 56.5 Å². The number of H-pyrrole nitrogens is 1. The monoisotopic (exact) mass is 730 g/mol. The molecule has 4 aromatic rings. The average molecular weight is 731 g/mol. The Balaban J connectivity index is 1.49. The number of carbonyl (C=O) groups excluding carboxylic acids is 1. The lowest BCUT2D eigenvalue weighted by Crippen LogP contribution is -2.45. The summed E-state index contributed by atoms with van der Waals surface area (Å²) in [5, 5.41) is 21.6. The summed E-state index contributed by atoms with van der Waals surface area (Å²) in [5.41, 5.74) is -0.499. The topological polar surface area (TPSA) is 177 Å². The van der Waals surface area contributed by atoms with Gasteiger partial charge in [-0.2, -0.15) is 9.49 Å². The molecule has 1 aliphatic heterocycles. The van der Waals surface area contributed by atoms with Crippen molar-refractivity contribution < 1.29 is 31.7 Å². The molecular weight excluding hydrogens is 695 g/mol. The molecule has 1 saturated heterocycles. The van der Waals surface area contributed by atoms with Crippen LogP contribution in [0.3, 0.4) is 0 Å². The summed E-state index contributed by atoms with van der Waals surface area (Å²) in [6.45, 7) is 6.85. The average Bonchev–Trinajstić information content (AvgIpc) is 3.48. The van der Waals surface area contributed by atoms with Crippen LogP contribution in [0.1, 0.15) is 44.9 Å². The predicted octanol–water partition coefficient (Wildman–Crippen LogP) is 5.75. The molecule has 18 heteroatoms. The molecule has 5 rings (SSSR count). The van der Waals surface area contributed by atoms with Gasteiger partial charge in [-0.15, -0.1) is 0 Å². The summed E-state index contributed by atoms with van der Waals surface area (Å²) in [4.78, 5) is 34.9. The Labute approximate surface area is 291 Å². The van der Waals surface area contributed by atoms with Gasteiger partial charge in [-0.05, 0) is 63.6 Å². The van der Waals surface area contributed by atoms with E-state index in [1.54, 1.807) is 18.0 Å². The zero-order valence-electron chi connectivity index (χ0n) is 28.2. The van der Waals surface area contributed by atoms with Crippen LogP contribution in [-0.4, -0.2) is 77.6 Å². The highest BCUT2D eigenvalue weighted by Gasteiger charge is 2.41. The first-order valence-electron chi connectivity index (χ1n) is 15.4. The molecule has 2 aromatic heterocycles. The second-order valence-electron chi connectivity index (χ2n) is 12.2. The molecule has 1 aliphatic rings. The molecule has 14 nitrogen and oxygen atoms in total. The highest BCUT2D eigenvalue weighted by molar-refractivity contribution is 7.99. The van der Waals surface area contributed by atoms with Crippen LogP contribution in [0.25, 0.3) is 0 Å². The minimum Gasteiger partial charge on any atom is -0.490 e. The van der Waals surface area contributed by atoms with E-state index in [9.17, 15) is 23.3 Å². The molecule has 0 atom stereocenters. The van der Waals surface area contributed by atoms with Crippen molar-refractivity contribution in [3.8, 4) is 5.75 Å². The maximum atomic E-state index is 15.7. The van der Waals surface area contributed by atoms with Gasteiger partial charge in [0.1, 0.15) is 5.82 Å². The van der Waals surface area contributed by atoms with E-state index in [1.807, 2.05) is 11.8 Å². The largest absolute Gasteiger partial charge is 0.490 e. The van der Waals surface area contributed by atoms with Crippen molar-refractivity contribution >= 4 is 50.6 Å². The number of hydrogen-bond acceptors (Lipinski definition) is 12. The van der Waals surface area contributed by atoms with Crippen molar-refractivity contribution in [3.05, 3.63) is 75.5 Å². The van der Waals surface area contributed by atoms with E-state index < -0.39 is 47.3 Å².